The van der Waals surface area contributed by atoms with Gasteiger partial charge < -0.3 is 28.6 Å². The van der Waals surface area contributed by atoms with Gasteiger partial charge >= 0.3 is 11.3 Å². The molecule has 5 aliphatic rings. The molecular formula is C45H56ClN6O8S+. The molecule has 2 aromatic carbocycles. The van der Waals surface area contributed by atoms with E-state index in [4.69, 9.17) is 35.3 Å². The fraction of sp³-hybridized carbons (Fsp3) is 0.556. The number of fused-ring (bicyclic) bond motifs is 3. The van der Waals surface area contributed by atoms with E-state index in [0.717, 1.165) is 76.2 Å². The van der Waals surface area contributed by atoms with Crippen LogP contribution in [0.15, 0.2) is 59.1 Å². The smallest absolute Gasteiger partial charge is 0.491 e. The number of benzene rings is 2. The van der Waals surface area contributed by atoms with Crippen molar-refractivity contribution in [2.24, 2.45) is 34.6 Å². The molecule has 2 bridgehead atoms. The maximum atomic E-state index is 15.1. The summed E-state index contributed by atoms with van der Waals surface area (Å²) in [6.07, 6.45) is 9.47. The van der Waals surface area contributed by atoms with Gasteiger partial charge in [0.25, 0.3) is 11.8 Å². The zero-order valence-corrected chi connectivity index (χ0v) is 37.0. The second-order valence-corrected chi connectivity index (χ2v) is 19.7. The molecule has 326 valence electrons. The Hall–Kier alpha value is -4.30. The SMILES string of the molecule is COc1nn(C)cc1C(=O)[N+]#CS1(=O)=NC(=O)c2ccc3c(c2)N(Cc2ccc(Cl)cc2CCCCO3)C[C@@H]2CC[C@H]2[C@@H](OC)/C=C/[C@H](OCCN2CC3(COC3)C2)[C@H](C)C1. The number of hydrogen-bond donors (Lipinski definition) is 0. The number of anilines is 1. The van der Waals surface area contributed by atoms with Crippen LogP contribution in [0, 0.1) is 28.6 Å². The van der Waals surface area contributed by atoms with Crippen LogP contribution in [0.1, 0.15) is 64.4 Å². The molecule has 16 heteroatoms. The molecule has 1 aliphatic carbocycles. The van der Waals surface area contributed by atoms with Crippen LogP contribution in [0.4, 0.5) is 5.69 Å². The van der Waals surface area contributed by atoms with Gasteiger partial charge in [0, 0.05) is 73.9 Å². The van der Waals surface area contributed by atoms with Gasteiger partial charge in [0.05, 0.1) is 57.2 Å². The average molecular weight is 876 g/mol. The summed E-state index contributed by atoms with van der Waals surface area (Å²) in [5.74, 6) is -0.880. The summed E-state index contributed by atoms with van der Waals surface area (Å²) < 4.78 is 50.8. The molecule has 14 nitrogen and oxygen atoms in total. The molecule has 3 fully saturated rings. The molecule has 3 aromatic rings. The molecule has 1 saturated carbocycles. The van der Waals surface area contributed by atoms with E-state index in [1.54, 1.807) is 32.4 Å². The van der Waals surface area contributed by atoms with Crippen LogP contribution in [0.25, 0.3) is 4.85 Å². The summed E-state index contributed by atoms with van der Waals surface area (Å²) in [4.78, 5) is 36.4. The van der Waals surface area contributed by atoms with Crippen LogP contribution in [-0.4, -0.2) is 115 Å². The summed E-state index contributed by atoms with van der Waals surface area (Å²) in [5.41, 5.74) is 3.65. The second kappa shape index (κ2) is 18.6. The van der Waals surface area contributed by atoms with Gasteiger partial charge in [-0.25, -0.2) is 4.21 Å². The lowest BCUT2D eigenvalue weighted by Crippen LogP contribution is -2.66. The number of carbonyl (C=O) groups is 2. The van der Waals surface area contributed by atoms with Gasteiger partial charge in [-0.1, -0.05) is 36.7 Å². The highest BCUT2D eigenvalue weighted by atomic mass is 35.5. The van der Waals surface area contributed by atoms with E-state index in [1.165, 1.54) is 23.6 Å². The van der Waals surface area contributed by atoms with Crippen LogP contribution in [-0.2, 0) is 44.0 Å². The highest BCUT2D eigenvalue weighted by Crippen LogP contribution is 2.42. The molecule has 2 amide bonds. The predicted octanol–water partition coefficient (Wildman–Crippen LogP) is 6.51. The van der Waals surface area contributed by atoms with Gasteiger partial charge in [-0.05, 0) is 91.3 Å². The molecular weight excluding hydrogens is 820 g/mol. The van der Waals surface area contributed by atoms with Crippen molar-refractivity contribution in [1.29, 1.82) is 0 Å². The number of ether oxygens (including phenoxy) is 5. The molecule has 4 aliphatic heterocycles. The van der Waals surface area contributed by atoms with Crippen LogP contribution in [0.3, 0.4) is 0 Å². The Balaban J connectivity index is 1.19. The van der Waals surface area contributed by atoms with E-state index < -0.39 is 33.6 Å². The minimum atomic E-state index is -3.75. The fourth-order valence-corrected chi connectivity index (χ4v) is 11.1. The number of aryl methyl sites for hydroxylation is 2. The number of carbonyl (C=O) groups excluding carboxylic acids is 2. The minimum absolute atomic E-state index is 0.0609. The standard InChI is InChI=1S/C45H56ClN6O8S/c1-30-24-61(55,29-47-43(54)37-23-50(2)48-44(37)57-4)49-42(53)32-10-13-41-38(20-32)52(21-33-8-11-35(46)19-31(33)7-5-6-17-59-41)22-34-9-12-36(34)40(56-3)15-14-39(30)60-18-16-51-25-45(26-51)27-58-28-45/h8,10-11,13-15,19-20,23,30,34,36,39-40H,5-7,9,12,16-18,21-22,24-28H2,1-4H3/q+1/b15-14+/t30-,34+,36-,39+,40+,61?/m1/s1. The van der Waals surface area contributed by atoms with Crippen molar-refractivity contribution in [2.45, 2.75) is 57.8 Å². The van der Waals surface area contributed by atoms with Crippen LogP contribution < -0.4 is 14.4 Å². The first-order valence-electron chi connectivity index (χ1n) is 21.2. The number of hydrogen-bond acceptors (Lipinski definition) is 11. The fourth-order valence-electron chi connectivity index (χ4n) is 9.24. The molecule has 1 unspecified atom stereocenters. The van der Waals surface area contributed by atoms with Gasteiger partial charge in [0.15, 0.2) is 15.3 Å². The van der Waals surface area contributed by atoms with Crippen LogP contribution in [0.2, 0.25) is 5.02 Å². The average Bonchev–Trinajstić information content (AvgIpc) is 3.58. The van der Waals surface area contributed by atoms with Crippen molar-refractivity contribution in [3.8, 4) is 17.0 Å². The highest BCUT2D eigenvalue weighted by Gasteiger charge is 2.48. The number of nitrogens with zero attached hydrogens (tertiary/aromatic N) is 6. The van der Waals surface area contributed by atoms with E-state index in [9.17, 15) is 9.59 Å². The van der Waals surface area contributed by atoms with E-state index in [-0.39, 0.29) is 46.1 Å². The van der Waals surface area contributed by atoms with E-state index in [1.807, 2.05) is 19.1 Å². The monoisotopic (exact) mass is 875 g/mol. The minimum Gasteiger partial charge on any atom is -0.491 e. The molecule has 1 spiro atoms. The first kappa shape index (κ1) is 43.4. The normalized spacial score (nSPS) is 28.1. The van der Waals surface area contributed by atoms with Crippen molar-refractivity contribution in [3.63, 3.8) is 0 Å². The third-order valence-corrected chi connectivity index (χ3v) is 14.8. The second-order valence-electron chi connectivity index (χ2n) is 17.3. The topological polar surface area (TPSA) is 138 Å². The van der Waals surface area contributed by atoms with Crippen molar-refractivity contribution in [2.75, 3.05) is 77.5 Å². The third kappa shape index (κ3) is 9.85. The van der Waals surface area contributed by atoms with Crippen molar-refractivity contribution >= 4 is 38.8 Å². The molecule has 2 saturated heterocycles. The first-order chi connectivity index (χ1) is 29.4. The molecule has 6 atom stereocenters. The number of rotatable bonds is 7. The van der Waals surface area contributed by atoms with E-state index >= 15 is 4.21 Å². The summed E-state index contributed by atoms with van der Waals surface area (Å²) in [6.45, 7) is 8.37. The lowest BCUT2D eigenvalue weighted by atomic mass is 9.70. The maximum Gasteiger partial charge on any atom is 0.555 e. The third-order valence-electron chi connectivity index (χ3n) is 12.7. The van der Waals surface area contributed by atoms with Crippen molar-refractivity contribution in [1.82, 2.24) is 14.7 Å². The Labute approximate surface area is 363 Å². The Morgan fingerprint density at radius 3 is 2.64 bits per heavy atom. The molecule has 8 rings (SSSR count). The van der Waals surface area contributed by atoms with E-state index in [0.29, 0.717) is 37.1 Å². The Morgan fingerprint density at radius 2 is 1.90 bits per heavy atom. The summed E-state index contributed by atoms with van der Waals surface area (Å²) >= 11 is 6.52. The number of thiocyanates is 1. The zero-order chi connectivity index (χ0) is 42.7. The van der Waals surface area contributed by atoms with Gasteiger partial charge in [-0.3, -0.25) is 14.4 Å². The number of likely N-dealkylation sites (tertiary alicyclic amines) is 1. The van der Waals surface area contributed by atoms with Crippen LogP contribution >= 0.6 is 11.6 Å². The van der Waals surface area contributed by atoms with Crippen molar-refractivity contribution < 1.29 is 37.5 Å². The van der Waals surface area contributed by atoms with Gasteiger partial charge in [-0.15, -0.1) is 9.46 Å². The van der Waals surface area contributed by atoms with Crippen molar-refractivity contribution in [3.05, 3.63) is 86.9 Å². The Kier molecular flexibility index (Phi) is 13.2. The van der Waals surface area contributed by atoms with Crippen LogP contribution in [0.5, 0.6) is 11.6 Å². The highest BCUT2D eigenvalue weighted by molar-refractivity contribution is 7.98. The number of aromatic nitrogens is 2. The largest absolute Gasteiger partial charge is 0.555 e. The Bertz CT molecular complexity index is 2340. The number of amides is 2. The summed E-state index contributed by atoms with van der Waals surface area (Å²) in [7, 11) is 1.03. The number of methoxy groups -OCH3 is 2. The Morgan fingerprint density at radius 1 is 1.08 bits per heavy atom. The van der Waals surface area contributed by atoms with Gasteiger partial charge in [0.1, 0.15) is 5.75 Å². The first-order valence-corrected chi connectivity index (χ1v) is 23.3. The zero-order valence-electron chi connectivity index (χ0n) is 35.4. The van der Waals surface area contributed by atoms with E-state index in [2.05, 4.69) is 47.7 Å². The van der Waals surface area contributed by atoms with Gasteiger partial charge in [0.2, 0.25) is 0 Å². The summed E-state index contributed by atoms with van der Waals surface area (Å²) in [6, 6.07) is 11.3. The number of halogens is 1. The molecule has 5 heterocycles. The lowest BCUT2D eigenvalue weighted by molar-refractivity contribution is -0.191. The predicted molar refractivity (Wildman–Crippen MR) is 233 cm³/mol. The van der Waals surface area contributed by atoms with Gasteiger partial charge in [-0.2, -0.15) is 4.79 Å². The summed E-state index contributed by atoms with van der Waals surface area (Å²) in [5, 5.41) is 7.40. The maximum absolute atomic E-state index is 15.1. The quantitative estimate of drug-likeness (QED) is 0.190. The molecule has 0 radical (unpaired) electrons. The molecule has 0 N–H and O–H groups in total. The molecule has 61 heavy (non-hydrogen) atoms. The lowest BCUT2D eigenvalue weighted by Gasteiger charge is -2.55. The molecule has 1 aromatic heterocycles.